The molecule has 5 rings (SSSR count). The SMILES string of the molecule is Cl.O=C(O)Cc1cccnc1.O=P(O)(O)C(O)(Cc1cccnc1)P(=O)(O)O.c1ncc2cc1C2. The van der Waals surface area contributed by atoms with E-state index < -0.39 is 32.7 Å². The number of hydrogen-bond donors (Lipinski definition) is 6. The molecule has 35 heavy (non-hydrogen) atoms. The van der Waals surface area contributed by atoms with Crippen LogP contribution in [0.5, 0.6) is 0 Å². The Morgan fingerprint density at radius 2 is 1.31 bits per heavy atom. The largest absolute Gasteiger partial charge is 0.481 e. The van der Waals surface area contributed by atoms with Gasteiger partial charge in [0.2, 0.25) is 0 Å². The van der Waals surface area contributed by atoms with Crippen LogP contribution in [0.1, 0.15) is 22.3 Å². The van der Waals surface area contributed by atoms with Crippen molar-refractivity contribution in [1.29, 1.82) is 0 Å². The molecule has 3 aromatic rings. The number of halogens is 1. The number of aliphatic hydroxyl groups is 1. The van der Waals surface area contributed by atoms with E-state index in [-0.39, 0.29) is 24.4 Å². The molecule has 2 aliphatic rings. The molecule has 0 saturated heterocycles. The van der Waals surface area contributed by atoms with E-state index in [0.29, 0.717) is 0 Å². The highest BCUT2D eigenvalue weighted by Crippen LogP contribution is 2.68. The van der Waals surface area contributed by atoms with Crippen molar-refractivity contribution in [1.82, 2.24) is 15.0 Å². The minimum Gasteiger partial charge on any atom is -0.481 e. The smallest absolute Gasteiger partial charge is 0.369 e. The Morgan fingerprint density at radius 1 is 0.857 bits per heavy atom. The van der Waals surface area contributed by atoms with Crippen LogP contribution >= 0.6 is 27.6 Å². The lowest BCUT2D eigenvalue weighted by Crippen LogP contribution is -2.31. The molecule has 0 atom stereocenters. The van der Waals surface area contributed by atoms with Gasteiger partial charge in [0.25, 0.3) is 5.08 Å². The quantitative estimate of drug-likeness (QED) is 0.190. The molecule has 2 bridgehead atoms. The first-order chi connectivity index (χ1) is 15.8. The Bertz CT molecular complexity index is 1140. The number of hydrogen-bond acceptors (Lipinski definition) is 7. The first-order valence-electron chi connectivity index (χ1n) is 9.58. The predicted molar refractivity (Wildman–Crippen MR) is 127 cm³/mol. The van der Waals surface area contributed by atoms with Gasteiger partial charge in [-0.25, -0.2) is 0 Å². The van der Waals surface area contributed by atoms with Gasteiger partial charge in [-0.05, 0) is 34.4 Å². The fourth-order valence-electron chi connectivity index (χ4n) is 2.67. The van der Waals surface area contributed by atoms with Crippen LogP contribution in [0.15, 0.2) is 67.5 Å². The van der Waals surface area contributed by atoms with Gasteiger partial charge in [-0.3, -0.25) is 28.9 Å². The number of fused-ring (bicyclic) bond motifs is 2. The van der Waals surface area contributed by atoms with Crippen LogP contribution in [0.2, 0.25) is 0 Å². The maximum atomic E-state index is 11.0. The van der Waals surface area contributed by atoms with E-state index in [9.17, 15) is 19.0 Å². The van der Waals surface area contributed by atoms with E-state index in [2.05, 4.69) is 21.0 Å². The molecule has 4 heterocycles. The molecule has 0 saturated carbocycles. The summed E-state index contributed by atoms with van der Waals surface area (Å²) in [5.74, 6) is -0.826. The molecule has 0 spiro atoms. The fraction of sp³-hybridized carbons (Fsp3) is 0.200. The molecular weight excluding hydrogens is 524 g/mol. The monoisotopic (exact) mass is 547 g/mol. The fourth-order valence-corrected chi connectivity index (χ4v) is 4.80. The number of pyridine rings is 3. The Balaban J connectivity index is 0.000000285. The minimum atomic E-state index is -5.41. The van der Waals surface area contributed by atoms with E-state index in [4.69, 9.17) is 24.7 Å². The minimum absolute atomic E-state index is 0. The van der Waals surface area contributed by atoms with Crippen LogP contribution in [-0.4, -0.2) is 55.8 Å². The Hall–Kier alpha value is -2.53. The zero-order chi connectivity index (χ0) is 25.4. The molecule has 15 heteroatoms. The van der Waals surface area contributed by atoms with E-state index in [0.717, 1.165) is 18.2 Å². The van der Waals surface area contributed by atoms with Crippen molar-refractivity contribution in [3.63, 3.8) is 0 Å². The van der Waals surface area contributed by atoms with Crippen molar-refractivity contribution in [2.75, 3.05) is 0 Å². The lowest BCUT2D eigenvalue weighted by atomic mass is 9.98. The van der Waals surface area contributed by atoms with Crippen LogP contribution in [0, 0.1) is 0 Å². The van der Waals surface area contributed by atoms with Crippen LogP contribution < -0.4 is 0 Å². The molecule has 1 aliphatic heterocycles. The van der Waals surface area contributed by atoms with Crippen molar-refractivity contribution in [2.45, 2.75) is 24.3 Å². The molecule has 0 unspecified atom stereocenters. The highest BCUT2D eigenvalue weighted by Gasteiger charge is 2.59. The maximum absolute atomic E-state index is 11.0. The molecule has 0 fully saturated rings. The zero-order valence-electron chi connectivity index (χ0n) is 18.0. The summed E-state index contributed by atoms with van der Waals surface area (Å²) in [4.78, 5) is 57.0. The number of carbonyl (C=O) groups is 1. The molecule has 190 valence electrons. The summed E-state index contributed by atoms with van der Waals surface area (Å²) < 4.78 is 22.1. The molecule has 6 N–H and O–H groups in total. The topological polar surface area (TPSA) is 211 Å². The van der Waals surface area contributed by atoms with E-state index in [1.165, 1.54) is 29.5 Å². The van der Waals surface area contributed by atoms with Crippen molar-refractivity contribution in [2.24, 2.45) is 0 Å². The second-order valence-electron chi connectivity index (χ2n) is 7.21. The van der Waals surface area contributed by atoms with Gasteiger partial charge in [-0.2, -0.15) is 0 Å². The summed E-state index contributed by atoms with van der Waals surface area (Å²) in [6, 6.07) is 8.37. The van der Waals surface area contributed by atoms with Crippen LogP contribution in [-0.2, 0) is 33.2 Å². The predicted octanol–water partition coefficient (Wildman–Crippen LogP) is 1.74. The lowest BCUT2D eigenvalue weighted by Gasteiger charge is -2.29. The van der Waals surface area contributed by atoms with E-state index >= 15 is 0 Å². The zero-order valence-corrected chi connectivity index (χ0v) is 20.6. The average Bonchev–Trinajstić information content (AvgIpc) is 2.74. The third kappa shape index (κ3) is 9.21. The molecule has 0 amide bonds. The lowest BCUT2D eigenvalue weighted by molar-refractivity contribution is -0.136. The van der Waals surface area contributed by atoms with Crippen LogP contribution in [0.4, 0.5) is 0 Å². The summed E-state index contributed by atoms with van der Waals surface area (Å²) in [7, 11) is -10.8. The number of aliphatic carboxylic acids is 1. The van der Waals surface area contributed by atoms with Gasteiger partial charge in [0.1, 0.15) is 0 Å². The van der Waals surface area contributed by atoms with Crippen molar-refractivity contribution < 1.29 is 43.7 Å². The first kappa shape index (κ1) is 30.5. The van der Waals surface area contributed by atoms with Gasteiger partial charge in [-0.1, -0.05) is 18.2 Å². The second kappa shape index (κ2) is 13.0. The molecule has 12 nitrogen and oxygen atoms in total. The van der Waals surface area contributed by atoms with Crippen LogP contribution in [0.3, 0.4) is 0 Å². The molecule has 0 aromatic carbocycles. The highest BCUT2D eigenvalue weighted by molar-refractivity contribution is 7.72. The molecule has 0 radical (unpaired) electrons. The number of nitrogens with zero attached hydrogens (tertiary/aromatic N) is 3. The van der Waals surface area contributed by atoms with E-state index in [1.54, 1.807) is 24.5 Å². The third-order valence-electron chi connectivity index (χ3n) is 4.43. The summed E-state index contributed by atoms with van der Waals surface area (Å²) in [5, 5.41) is 14.5. The Kier molecular flexibility index (Phi) is 11.3. The van der Waals surface area contributed by atoms with E-state index in [1.807, 2.05) is 12.4 Å². The summed E-state index contributed by atoms with van der Waals surface area (Å²) >= 11 is 0. The summed E-state index contributed by atoms with van der Waals surface area (Å²) in [5.41, 5.74) is 3.58. The normalized spacial score (nSPS) is 11.9. The Morgan fingerprint density at radius 3 is 1.60 bits per heavy atom. The first-order valence-corrected chi connectivity index (χ1v) is 12.8. The van der Waals surface area contributed by atoms with Gasteiger partial charge < -0.3 is 29.8 Å². The number of rotatable bonds is 6. The Labute approximate surface area is 206 Å². The van der Waals surface area contributed by atoms with Gasteiger partial charge in [0.15, 0.2) is 0 Å². The van der Waals surface area contributed by atoms with Gasteiger partial charge in [-0.15, -0.1) is 12.4 Å². The van der Waals surface area contributed by atoms with Gasteiger partial charge in [0, 0.05) is 50.0 Å². The summed E-state index contributed by atoms with van der Waals surface area (Å²) in [6.07, 6.45) is 9.82. The molecule has 1 aliphatic carbocycles. The third-order valence-corrected chi connectivity index (χ3v) is 8.18. The highest BCUT2D eigenvalue weighted by atomic mass is 35.5. The maximum Gasteiger partial charge on any atom is 0.369 e. The van der Waals surface area contributed by atoms with Gasteiger partial charge >= 0.3 is 21.2 Å². The average molecular weight is 548 g/mol. The standard InChI is InChI=1S/C7H11NO7P2.C7H7NO2.C6H5N.ClH/c9-7(16(10,11)12,17(13,14)15)4-6-2-1-3-8-5-6;9-7(10)4-6-2-1-3-8-5-6;1-5-2-6(1)4-7-3-5;/h1-3,5,9H,4H2,(H2,10,11,12)(H2,13,14,15);1-3,5H,4H2,(H,9,10);1,3-4H,2H2;1H. The van der Waals surface area contributed by atoms with Gasteiger partial charge in [0.05, 0.1) is 6.42 Å². The summed E-state index contributed by atoms with van der Waals surface area (Å²) in [6.45, 7) is 0. The van der Waals surface area contributed by atoms with Crippen molar-refractivity contribution in [3.8, 4) is 0 Å². The molecule has 3 aromatic heterocycles. The second-order valence-corrected chi connectivity index (χ2v) is 11.2. The van der Waals surface area contributed by atoms with Crippen molar-refractivity contribution >= 4 is 33.6 Å². The molecular formula is C20H24ClN3O9P2. The van der Waals surface area contributed by atoms with Crippen molar-refractivity contribution in [3.05, 3.63) is 89.8 Å². The number of carboxylic acid groups (broad SMARTS) is 1. The number of carboxylic acids is 1. The van der Waals surface area contributed by atoms with Crippen LogP contribution in [0.25, 0.3) is 0 Å². The number of aromatic nitrogens is 3.